The summed E-state index contributed by atoms with van der Waals surface area (Å²) in [6, 6.07) is 83.1. The Kier molecular flexibility index (Phi) is 8.55. The zero-order valence-electron chi connectivity index (χ0n) is 30.8. The second-order valence-electron chi connectivity index (χ2n) is 14.1. The molecule has 1 heterocycles. The summed E-state index contributed by atoms with van der Waals surface area (Å²) in [4.78, 5) is 2.46. The van der Waals surface area contributed by atoms with E-state index in [0.29, 0.717) is 0 Å². The van der Waals surface area contributed by atoms with E-state index in [-0.39, 0.29) is 0 Å². The number of anilines is 3. The van der Waals surface area contributed by atoms with Crippen LogP contribution >= 0.6 is 0 Å². The van der Waals surface area contributed by atoms with E-state index in [1.165, 1.54) is 44.1 Å². The fourth-order valence-electron chi connectivity index (χ4n) is 8.24. The van der Waals surface area contributed by atoms with Crippen LogP contribution in [0.25, 0.3) is 72.0 Å². The van der Waals surface area contributed by atoms with Crippen LogP contribution in [-0.4, -0.2) is 4.57 Å². The molecule has 0 spiro atoms. The molecule has 9 aromatic carbocycles. The Bertz CT molecular complexity index is 2930. The lowest BCUT2D eigenvalue weighted by molar-refractivity contribution is 1.18. The van der Waals surface area contributed by atoms with Gasteiger partial charge in [-0.3, -0.25) is 0 Å². The fourth-order valence-corrected chi connectivity index (χ4v) is 8.24. The third kappa shape index (κ3) is 5.95. The number of aromatic nitrogens is 1. The van der Waals surface area contributed by atoms with Crippen LogP contribution in [0.4, 0.5) is 17.1 Å². The van der Waals surface area contributed by atoms with E-state index in [4.69, 9.17) is 0 Å². The Balaban J connectivity index is 1.29. The normalized spacial score (nSPS) is 11.2. The SMILES string of the molecule is c1ccc(-c2ccc(N(c3ccc4c5c(-c6ccccc6)cccc5n(-c5ccccc5)c4c3)c3ccccc3-c3ccccc3)c(-c3ccccc3)c2)cc1. The van der Waals surface area contributed by atoms with Crippen LogP contribution in [0.2, 0.25) is 0 Å². The molecule has 1 aromatic heterocycles. The number of rotatable bonds is 8. The maximum Gasteiger partial charge on any atom is 0.0562 e. The molecule has 0 unspecified atom stereocenters. The van der Waals surface area contributed by atoms with Gasteiger partial charge < -0.3 is 9.47 Å². The van der Waals surface area contributed by atoms with Gasteiger partial charge in [0.25, 0.3) is 0 Å². The van der Waals surface area contributed by atoms with Gasteiger partial charge in [0.1, 0.15) is 0 Å². The lowest BCUT2D eigenvalue weighted by Gasteiger charge is -2.30. The van der Waals surface area contributed by atoms with Crippen molar-refractivity contribution in [3.8, 4) is 50.2 Å². The third-order valence-electron chi connectivity index (χ3n) is 10.8. The van der Waals surface area contributed by atoms with Gasteiger partial charge >= 0.3 is 0 Å². The summed E-state index contributed by atoms with van der Waals surface area (Å²) in [5, 5.41) is 2.46. The van der Waals surface area contributed by atoms with Crippen molar-refractivity contribution >= 4 is 38.9 Å². The summed E-state index contributed by atoms with van der Waals surface area (Å²) in [5.74, 6) is 0. The Morgan fingerprint density at radius 2 is 0.821 bits per heavy atom. The summed E-state index contributed by atoms with van der Waals surface area (Å²) in [5.41, 5.74) is 16.2. The molecule has 0 bridgehead atoms. The highest BCUT2D eigenvalue weighted by molar-refractivity contribution is 6.16. The largest absolute Gasteiger partial charge is 0.309 e. The Labute approximate surface area is 327 Å². The van der Waals surface area contributed by atoms with Gasteiger partial charge in [0.2, 0.25) is 0 Å². The predicted molar refractivity (Wildman–Crippen MR) is 237 cm³/mol. The van der Waals surface area contributed by atoms with Gasteiger partial charge in [-0.15, -0.1) is 0 Å². The summed E-state index contributed by atoms with van der Waals surface area (Å²) in [7, 11) is 0. The van der Waals surface area contributed by atoms with Crippen LogP contribution in [0.3, 0.4) is 0 Å². The van der Waals surface area contributed by atoms with Crippen molar-refractivity contribution in [1.29, 1.82) is 0 Å². The molecule has 10 aromatic rings. The summed E-state index contributed by atoms with van der Waals surface area (Å²) >= 11 is 0. The average molecular weight is 715 g/mol. The topological polar surface area (TPSA) is 8.17 Å². The quantitative estimate of drug-likeness (QED) is 0.152. The first-order chi connectivity index (χ1) is 27.8. The minimum Gasteiger partial charge on any atom is -0.309 e. The lowest BCUT2D eigenvalue weighted by Crippen LogP contribution is -2.13. The third-order valence-corrected chi connectivity index (χ3v) is 10.8. The Morgan fingerprint density at radius 3 is 1.48 bits per heavy atom. The number of nitrogens with zero attached hydrogens (tertiary/aromatic N) is 2. The van der Waals surface area contributed by atoms with Crippen molar-refractivity contribution in [2.24, 2.45) is 0 Å². The highest BCUT2D eigenvalue weighted by Crippen LogP contribution is 2.48. The average Bonchev–Trinajstić information content (AvgIpc) is 3.62. The monoisotopic (exact) mass is 714 g/mol. The maximum atomic E-state index is 2.46. The van der Waals surface area contributed by atoms with Gasteiger partial charge in [-0.05, 0) is 81.9 Å². The maximum absolute atomic E-state index is 2.46. The molecule has 2 nitrogen and oxygen atoms in total. The molecule has 56 heavy (non-hydrogen) atoms. The van der Waals surface area contributed by atoms with E-state index < -0.39 is 0 Å². The van der Waals surface area contributed by atoms with Crippen molar-refractivity contribution in [2.75, 3.05) is 4.90 Å². The summed E-state index contributed by atoms with van der Waals surface area (Å²) in [6.07, 6.45) is 0. The van der Waals surface area contributed by atoms with E-state index in [1.54, 1.807) is 0 Å². The first kappa shape index (κ1) is 33.2. The standard InChI is InChI=1S/C54H38N2/c1-6-19-39(20-7-1)43-33-36-51(49(37-43)42-25-12-4-13-26-42)56(50-31-17-16-29-46(50)40-21-8-2-9-22-40)45-34-35-48-53(38-45)55(44-27-14-5-15-28-44)52-32-18-30-47(54(48)52)41-23-10-3-11-24-41/h1-38H. The molecule has 264 valence electrons. The molecule has 0 aliphatic rings. The van der Waals surface area contributed by atoms with E-state index in [9.17, 15) is 0 Å². The number of hydrogen-bond donors (Lipinski definition) is 0. The molecule has 2 heteroatoms. The Morgan fingerprint density at radius 1 is 0.304 bits per heavy atom. The molecule has 0 N–H and O–H groups in total. The molecule has 0 saturated heterocycles. The van der Waals surface area contributed by atoms with E-state index in [2.05, 4.69) is 240 Å². The zero-order chi connectivity index (χ0) is 37.3. The van der Waals surface area contributed by atoms with Gasteiger partial charge in [-0.2, -0.15) is 0 Å². The number of para-hydroxylation sites is 2. The van der Waals surface area contributed by atoms with Crippen molar-refractivity contribution in [2.45, 2.75) is 0 Å². The van der Waals surface area contributed by atoms with Crippen LogP contribution in [-0.2, 0) is 0 Å². The van der Waals surface area contributed by atoms with Crippen molar-refractivity contribution in [3.63, 3.8) is 0 Å². The molecular formula is C54H38N2. The van der Waals surface area contributed by atoms with Gasteiger partial charge in [-0.1, -0.05) is 182 Å². The second-order valence-corrected chi connectivity index (χ2v) is 14.1. The smallest absolute Gasteiger partial charge is 0.0562 e. The van der Waals surface area contributed by atoms with Crippen molar-refractivity contribution in [1.82, 2.24) is 4.57 Å². The minimum absolute atomic E-state index is 1.08. The molecule has 0 radical (unpaired) electrons. The molecule has 0 aliphatic heterocycles. The highest BCUT2D eigenvalue weighted by Gasteiger charge is 2.23. The zero-order valence-corrected chi connectivity index (χ0v) is 30.8. The van der Waals surface area contributed by atoms with E-state index >= 15 is 0 Å². The van der Waals surface area contributed by atoms with E-state index in [0.717, 1.165) is 45.0 Å². The minimum atomic E-state index is 1.08. The van der Waals surface area contributed by atoms with E-state index in [1.807, 2.05) is 0 Å². The first-order valence-corrected chi connectivity index (χ1v) is 19.2. The van der Waals surface area contributed by atoms with Crippen LogP contribution in [0.5, 0.6) is 0 Å². The number of benzene rings is 9. The van der Waals surface area contributed by atoms with Crippen LogP contribution in [0.15, 0.2) is 231 Å². The molecule has 0 amide bonds. The van der Waals surface area contributed by atoms with Crippen LogP contribution in [0, 0.1) is 0 Å². The van der Waals surface area contributed by atoms with Crippen molar-refractivity contribution < 1.29 is 0 Å². The molecule has 0 aliphatic carbocycles. The predicted octanol–water partition coefficient (Wildman–Crippen LogP) is 14.9. The van der Waals surface area contributed by atoms with Gasteiger partial charge in [-0.25, -0.2) is 0 Å². The number of hydrogen-bond acceptors (Lipinski definition) is 1. The van der Waals surface area contributed by atoms with Crippen LogP contribution < -0.4 is 4.90 Å². The highest BCUT2D eigenvalue weighted by atomic mass is 15.1. The van der Waals surface area contributed by atoms with Gasteiger partial charge in [0.15, 0.2) is 0 Å². The fraction of sp³-hybridized carbons (Fsp3) is 0. The summed E-state index contributed by atoms with van der Waals surface area (Å²) < 4.78 is 2.43. The van der Waals surface area contributed by atoms with Crippen LogP contribution in [0.1, 0.15) is 0 Å². The van der Waals surface area contributed by atoms with Crippen molar-refractivity contribution in [3.05, 3.63) is 231 Å². The molecular weight excluding hydrogens is 677 g/mol. The molecule has 0 fully saturated rings. The second kappa shape index (κ2) is 14.4. The molecule has 10 rings (SSSR count). The van der Waals surface area contributed by atoms with Gasteiger partial charge in [0.05, 0.1) is 22.4 Å². The first-order valence-electron chi connectivity index (χ1n) is 19.2. The number of fused-ring (bicyclic) bond motifs is 3. The molecule has 0 saturated carbocycles. The lowest BCUT2D eigenvalue weighted by atomic mass is 9.95. The summed E-state index contributed by atoms with van der Waals surface area (Å²) in [6.45, 7) is 0. The Hall–Kier alpha value is -7.42. The molecule has 0 atom stereocenters. The van der Waals surface area contributed by atoms with Gasteiger partial charge in [0, 0.05) is 33.3 Å².